The molecule has 1 aromatic rings. The minimum absolute atomic E-state index is 0.549. The lowest BCUT2D eigenvalue weighted by molar-refractivity contribution is 0.413. The van der Waals surface area contributed by atoms with Crippen molar-refractivity contribution in [3.63, 3.8) is 0 Å². The number of rotatable bonds is 4. The van der Waals surface area contributed by atoms with Crippen LogP contribution in [0.2, 0.25) is 5.02 Å². The maximum atomic E-state index is 6.12. The fourth-order valence-electron chi connectivity index (χ4n) is 1.26. The standard InChI is InChI=1S/C11H17ClN2/c1-14(2)6-5-10-4-3-9(8-13)7-11(10)12/h3-4,7H,5-6,8,13H2,1-2H3. The summed E-state index contributed by atoms with van der Waals surface area (Å²) >= 11 is 6.12. The van der Waals surface area contributed by atoms with Crippen LogP contribution in [0, 0.1) is 0 Å². The zero-order chi connectivity index (χ0) is 10.6. The van der Waals surface area contributed by atoms with E-state index in [1.54, 1.807) is 0 Å². The molecule has 0 amide bonds. The van der Waals surface area contributed by atoms with Gasteiger partial charge in [0.25, 0.3) is 0 Å². The van der Waals surface area contributed by atoms with Crippen molar-refractivity contribution in [2.75, 3.05) is 20.6 Å². The summed E-state index contributed by atoms with van der Waals surface area (Å²) in [5.74, 6) is 0. The number of nitrogens with two attached hydrogens (primary N) is 1. The summed E-state index contributed by atoms with van der Waals surface area (Å²) in [5.41, 5.74) is 7.80. The number of likely N-dealkylation sites (N-methyl/N-ethyl adjacent to an activating group) is 1. The highest BCUT2D eigenvalue weighted by atomic mass is 35.5. The first-order valence-corrected chi connectivity index (χ1v) is 5.13. The Labute approximate surface area is 90.7 Å². The molecule has 78 valence electrons. The number of hydrogen-bond donors (Lipinski definition) is 1. The van der Waals surface area contributed by atoms with Crippen LogP contribution in [0.4, 0.5) is 0 Å². The van der Waals surface area contributed by atoms with Gasteiger partial charge in [0.05, 0.1) is 0 Å². The predicted octanol–water partition coefficient (Wildman–Crippen LogP) is 1.90. The Hall–Kier alpha value is -0.570. The van der Waals surface area contributed by atoms with Gasteiger partial charge in [-0.25, -0.2) is 0 Å². The van der Waals surface area contributed by atoms with E-state index < -0.39 is 0 Å². The van der Waals surface area contributed by atoms with Gasteiger partial charge in [0.2, 0.25) is 0 Å². The summed E-state index contributed by atoms with van der Waals surface area (Å²) in [6.45, 7) is 1.56. The normalized spacial score (nSPS) is 10.9. The largest absolute Gasteiger partial charge is 0.326 e. The second kappa shape index (κ2) is 5.35. The van der Waals surface area contributed by atoms with Gasteiger partial charge in [0.1, 0.15) is 0 Å². The molecule has 0 spiro atoms. The number of benzene rings is 1. The molecule has 0 aliphatic carbocycles. The lowest BCUT2D eigenvalue weighted by Gasteiger charge is -2.10. The second-order valence-electron chi connectivity index (χ2n) is 3.68. The zero-order valence-electron chi connectivity index (χ0n) is 8.76. The van der Waals surface area contributed by atoms with Crippen molar-refractivity contribution in [1.82, 2.24) is 4.90 Å². The van der Waals surface area contributed by atoms with Crippen LogP contribution >= 0.6 is 11.6 Å². The molecular weight excluding hydrogens is 196 g/mol. The minimum atomic E-state index is 0.549. The van der Waals surface area contributed by atoms with Gasteiger partial charge in [-0.15, -0.1) is 0 Å². The highest BCUT2D eigenvalue weighted by Gasteiger charge is 2.01. The van der Waals surface area contributed by atoms with Crippen LogP contribution in [-0.4, -0.2) is 25.5 Å². The van der Waals surface area contributed by atoms with Crippen LogP contribution in [0.1, 0.15) is 11.1 Å². The molecule has 0 saturated heterocycles. The molecule has 14 heavy (non-hydrogen) atoms. The van der Waals surface area contributed by atoms with Crippen LogP contribution in [0.15, 0.2) is 18.2 Å². The first-order chi connectivity index (χ1) is 6.63. The molecule has 3 heteroatoms. The summed E-state index contributed by atoms with van der Waals surface area (Å²) in [6, 6.07) is 6.05. The summed E-state index contributed by atoms with van der Waals surface area (Å²) in [6.07, 6.45) is 0.983. The van der Waals surface area contributed by atoms with Crippen LogP contribution in [0.5, 0.6) is 0 Å². The molecule has 0 fully saturated rings. The van der Waals surface area contributed by atoms with Crippen molar-refractivity contribution in [3.8, 4) is 0 Å². The lowest BCUT2D eigenvalue weighted by atomic mass is 10.1. The van der Waals surface area contributed by atoms with Gasteiger partial charge in [-0.1, -0.05) is 23.7 Å². The molecule has 0 unspecified atom stereocenters. The maximum absolute atomic E-state index is 6.12. The Balaban J connectivity index is 2.69. The number of nitrogens with zero attached hydrogens (tertiary/aromatic N) is 1. The second-order valence-corrected chi connectivity index (χ2v) is 4.09. The van der Waals surface area contributed by atoms with E-state index in [-0.39, 0.29) is 0 Å². The predicted molar refractivity (Wildman–Crippen MR) is 61.6 cm³/mol. The van der Waals surface area contributed by atoms with Crippen molar-refractivity contribution in [2.45, 2.75) is 13.0 Å². The molecule has 0 atom stereocenters. The Morgan fingerprint density at radius 1 is 1.36 bits per heavy atom. The molecule has 1 aromatic carbocycles. The fourth-order valence-corrected chi connectivity index (χ4v) is 1.56. The van der Waals surface area contributed by atoms with Gasteiger partial charge >= 0.3 is 0 Å². The number of halogens is 1. The van der Waals surface area contributed by atoms with Gasteiger partial charge in [-0.05, 0) is 37.7 Å². The molecule has 0 heterocycles. The maximum Gasteiger partial charge on any atom is 0.0441 e. The average molecular weight is 213 g/mol. The SMILES string of the molecule is CN(C)CCc1ccc(CN)cc1Cl. The quantitative estimate of drug-likeness (QED) is 0.826. The van der Waals surface area contributed by atoms with Crippen molar-refractivity contribution < 1.29 is 0 Å². The average Bonchev–Trinajstić information content (AvgIpc) is 2.15. The molecule has 0 bridgehead atoms. The minimum Gasteiger partial charge on any atom is -0.326 e. The molecule has 0 radical (unpaired) electrons. The third-order valence-corrected chi connectivity index (χ3v) is 2.53. The smallest absolute Gasteiger partial charge is 0.0441 e. The Bertz CT molecular complexity index is 297. The first kappa shape index (κ1) is 11.5. The van der Waals surface area contributed by atoms with Crippen molar-refractivity contribution in [2.24, 2.45) is 5.73 Å². The third-order valence-electron chi connectivity index (χ3n) is 2.18. The van der Waals surface area contributed by atoms with Gasteiger partial charge in [0.15, 0.2) is 0 Å². The molecule has 1 rings (SSSR count). The Morgan fingerprint density at radius 2 is 2.07 bits per heavy atom. The topological polar surface area (TPSA) is 29.3 Å². The Kier molecular flexibility index (Phi) is 4.39. The summed E-state index contributed by atoms with van der Waals surface area (Å²) < 4.78 is 0. The monoisotopic (exact) mass is 212 g/mol. The zero-order valence-corrected chi connectivity index (χ0v) is 9.51. The van der Waals surface area contributed by atoms with Gasteiger partial charge in [-0.2, -0.15) is 0 Å². The molecule has 2 N–H and O–H groups in total. The van der Waals surface area contributed by atoms with E-state index in [1.807, 2.05) is 12.1 Å². The molecule has 0 aliphatic rings. The highest BCUT2D eigenvalue weighted by molar-refractivity contribution is 6.31. The van der Waals surface area contributed by atoms with E-state index in [0.717, 1.165) is 23.6 Å². The van der Waals surface area contributed by atoms with Gasteiger partial charge in [0, 0.05) is 18.1 Å². The molecule has 2 nitrogen and oxygen atoms in total. The van der Waals surface area contributed by atoms with Gasteiger partial charge < -0.3 is 10.6 Å². The van der Waals surface area contributed by atoms with E-state index in [2.05, 4.69) is 25.1 Å². The summed E-state index contributed by atoms with van der Waals surface area (Å²) in [7, 11) is 4.12. The van der Waals surface area contributed by atoms with Crippen molar-refractivity contribution in [3.05, 3.63) is 34.3 Å². The highest BCUT2D eigenvalue weighted by Crippen LogP contribution is 2.18. The molecular formula is C11H17ClN2. The summed E-state index contributed by atoms with van der Waals surface area (Å²) in [5, 5.41) is 0.829. The molecule has 0 aliphatic heterocycles. The fraction of sp³-hybridized carbons (Fsp3) is 0.455. The van der Waals surface area contributed by atoms with E-state index in [4.69, 9.17) is 17.3 Å². The van der Waals surface area contributed by atoms with E-state index in [1.165, 1.54) is 5.56 Å². The number of hydrogen-bond acceptors (Lipinski definition) is 2. The van der Waals surface area contributed by atoms with Crippen LogP contribution in [0.3, 0.4) is 0 Å². The molecule has 0 saturated carbocycles. The van der Waals surface area contributed by atoms with Gasteiger partial charge in [-0.3, -0.25) is 0 Å². The summed E-state index contributed by atoms with van der Waals surface area (Å²) in [4.78, 5) is 2.15. The van der Waals surface area contributed by atoms with E-state index in [0.29, 0.717) is 6.54 Å². The van der Waals surface area contributed by atoms with Crippen LogP contribution in [0.25, 0.3) is 0 Å². The van der Waals surface area contributed by atoms with Crippen LogP contribution in [-0.2, 0) is 13.0 Å². The van der Waals surface area contributed by atoms with Crippen molar-refractivity contribution >= 4 is 11.6 Å². The molecule has 0 aromatic heterocycles. The Morgan fingerprint density at radius 3 is 2.57 bits per heavy atom. The third kappa shape index (κ3) is 3.29. The first-order valence-electron chi connectivity index (χ1n) is 4.75. The van der Waals surface area contributed by atoms with Crippen molar-refractivity contribution in [1.29, 1.82) is 0 Å². The van der Waals surface area contributed by atoms with E-state index in [9.17, 15) is 0 Å². The van der Waals surface area contributed by atoms with Crippen LogP contribution < -0.4 is 5.73 Å². The van der Waals surface area contributed by atoms with E-state index >= 15 is 0 Å². The lowest BCUT2D eigenvalue weighted by Crippen LogP contribution is -2.15.